The summed E-state index contributed by atoms with van der Waals surface area (Å²) in [7, 11) is 0. The molecule has 18 heavy (non-hydrogen) atoms. The average molecular weight is 268 g/mol. The normalized spacial score (nSPS) is 27.6. The zero-order valence-electron chi connectivity index (χ0n) is 11.3. The molecule has 0 aromatic carbocycles. The fourth-order valence-electron chi connectivity index (χ4n) is 3.22. The first kappa shape index (κ1) is 14.2. The molecule has 102 valence electrons. The van der Waals surface area contributed by atoms with Crippen molar-refractivity contribution in [1.82, 2.24) is 4.90 Å². The van der Waals surface area contributed by atoms with Crippen LogP contribution in [0, 0.1) is 11.3 Å². The maximum absolute atomic E-state index is 10.6. The second-order valence-electron chi connectivity index (χ2n) is 5.87. The molecule has 0 aromatic heterocycles. The van der Waals surface area contributed by atoms with Gasteiger partial charge in [0, 0.05) is 19.6 Å². The van der Waals surface area contributed by atoms with E-state index in [1.54, 1.807) is 11.8 Å². The van der Waals surface area contributed by atoms with Crippen molar-refractivity contribution in [3.8, 4) is 6.07 Å². The van der Waals surface area contributed by atoms with Crippen molar-refractivity contribution in [3.63, 3.8) is 0 Å². The Morgan fingerprint density at radius 3 is 2.28 bits per heavy atom. The maximum Gasteiger partial charge on any atom is 0.104 e. The molecule has 4 heteroatoms. The number of aliphatic hydroxyl groups is 1. The van der Waals surface area contributed by atoms with Crippen LogP contribution < -0.4 is 0 Å². The lowest BCUT2D eigenvalue weighted by atomic mass is 9.84. The molecule has 0 aromatic rings. The highest BCUT2D eigenvalue weighted by Gasteiger charge is 2.37. The molecule has 1 saturated carbocycles. The van der Waals surface area contributed by atoms with Gasteiger partial charge in [-0.1, -0.05) is 19.3 Å². The summed E-state index contributed by atoms with van der Waals surface area (Å²) < 4.78 is -0.175. The number of nitrogens with zero attached hydrogens (tertiary/aromatic N) is 2. The molecule has 1 N–H and O–H groups in total. The molecule has 2 fully saturated rings. The van der Waals surface area contributed by atoms with Crippen LogP contribution in [0.1, 0.15) is 44.9 Å². The molecule has 0 atom stereocenters. The Hall–Kier alpha value is -0.240. The summed E-state index contributed by atoms with van der Waals surface area (Å²) >= 11 is 1.69. The Morgan fingerprint density at radius 1 is 1.17 bits per heavy atom. The van der Waals surface area contributed by atoms with E-state index in [1.165, 1.54) is 6.42 Å². The molecule has 1 heterocycles. The van der Waals surface area contributed by atoms with Gasteiger partial charge in [0.15, 0.2) is 0 Å². The lowest BCUT2D eigenvalue weighted by molar-refractivity contribution is -0.0304. The molecular formula is C14H24N2OS. The summed E-state index contributed by atoms with van der Waals surface area (Å²) in [5, 5.41) is 19.8. The minimum absolute atomic E-state index is 0.175. The zero-order chi connectivity index (χ0) is 13.1. The van der Waals surface area contributed by atoms with E-state index in [0.29, 0.717) is 0 Å². The van der Waals surface area contributed by atoms with E-state index in [9.17, 15) is 10.4 Å². The van der Waals surface area contributed by atoms with Crippen LogP contribution in [-0.2, 0) is 0 Å². The SMILES string of the molecule is CSC1(C#N)CCN(CC2(O)CCCCC2)CC1. The quantitative estimate of drug-likeness (QED) is 0.854. The van der Waals surface area contributed by atoms with Gasteiger partial charge in [0.2, 0.25) is 0 Å². The molecule has 1 aliphatic heterocycles. The van der Waals surface area contributed by atoms with Crippen molar-refractivity contribution < 1.29 is 5.11 Å². The summed E-state index contributed by atoms with van der Waals surface area (Å²) in [6.45, 7) is 2.72. The number of hydrogen-bond donors (Lipinski definition) is 1. The number of hydrogen-bond acceptors (Lipinski definition) is 4. The van der Waals surface area contributed by atoms with Gasteiger partial charge in [0.1, 0.15) is 4.75 Å². The Labute approximate surface area is 115 Å². The minimum Gasteiger partial charge on any atom is -0.389 e. The predicted molar refractivity (Wildman–Crippen MR) is 75.6 cm³/mol. The fraction of sp³-hybridized carbons (Fsp3) is 0.929. The number of β-amino-alcohol motifs (C(OH)–C–C–N with tert-alkyl or cyclic N) is 1. The molecule has 0 amide bonds. The highest BCUT2D eigenvalue weighted by molar-refractivity contribution is 8.00. The van der Waals surface area contributed by atoms with Crippen LogP contribution in [0.3, 0.4) is 0 Å². The molecule has 2 rings (SSSR count). The summed E-state index contributed by atoms with van der Waals surface area (Å²) in [5.74, 6) is 0. The second kappa shape index (κ2) is 5.81. The van der Waals surface area contributed by atoms with Crippen molar-refractivity contribution in [1.29, 1.82) is 5.26 Å². The van der Waals surface area contributed by atoms with E-state index in [2.05, 4.69) is 11.0 Å². The largest absolute Gasteiger partial charge is 0.389 e. The number of nitriles is 1. The Balaban J connectivity index is 1.85. The summed E-state index contributed by atoms with van der Waals surface area (Å²) in [5.41, 5.74) is -0.454. The first-order valence-corrected chi connectivity index (χ1v) is 8.25. The molecule has 1 saturated heterocycles. The Kier molecular flexibility index (Phi) is 4.58. The molecule has 0 spiro atoms. The van der Waals surface area contributed by atoms with Gasteiger partial charge in [-0.3, -0.25) is 0 Å². The van der Waals surface area contributed by atoms with Crippen LogP contribution in [0.5, 0.6) is 0 Å². The van der Waals surface area contributed by atoms with Crippen LogP contribution in [0.4, 0.5) is 0 Å². The molecule has 2 aliphatic rings. The first-order chi connectivity index (χ1) is 8.61. The molecule has 0 bridgehead atoms. The van der Waals surface area contributed by atoms with Gasteiger partial charge in [-0.2, -0.15) is 5.26 Å². The highest BCUT2D eigenvalue weighted by atomic mass is 32.2. The predicted octanol–water partition coefficient (Wildman–Crippen LogP) is 2.40. The third kappa shape index (κ3) is 3.20. The van der Waals surface area contributed by atoms with Gasteiger partial charge < -0.3 is 10.0 Å². The number of piperidine rings is 1. The van der Waals surface area contributed by atoms with Gasteiger partial charge >= 0.3 is 0 Å². The van der Waals surface area contributed by atoms with E-state index < -0.39 is 5.60 Å². The minimum atomic E-state index is -0.454. The van der Waals surface area contributed by atoms with Gasteiger partial charge in [0.25, 0.3) is 0 Å². The van der Waals surface area contributed by atoms with E-state index in [1.807, 2.05) is 6.26 Å². The fourth-order valence-corrected chi connectivity index (χ4v) is 3.90. The third-order valence-corrected chi connectivity index (χ3v) is 5.84. The van der Waals surface area contributed by atoms with Crippen molar-refractivity contribution in [2.24, 2.45) is 0 Å². The van der Waals surface area contributed by atoms with Gasteiger partial charge in [0.05, 0.1) is 11.7 Å². The van der Waals surface area contributed by atoms with Crippen LogP contribution in [0.25, 0.3) is 0 Å². The first-order valence-electron chi connectivity index (χ1n) is 7.03. The topological polar surface area (TPSA) is 47.3 Å². The second-order valence-corrected chi connectivity index (χ2v) is 7.06. The number of rotatable bonds is 3. The summed E-state index contributed by atoms with van der Waals surface area (Å²) in [4.78, 5) is 2.36. The molecule has 0 radical (unpaired) electrons. The van der Waals surface area contributed by atoms with Gasteiger partial charge in [-0.05, 0) is 31.9 Å². The van der Waals surface area contributed by atoms with Crippen molar-refractivity contribution in [2.45, 2.75) is 55.3 Å². The summed E-state index contributed by atoms with van der Waals surface area (Å²) in [6, 6.07) is 2.47. The Morgan fingerprint density at radius 2 is 1.78 bits per heavy atom. The van der Waals surface area contributed by atoms with E-state index >= 15 is 0 Å². The lowest BCUT2D eigenvalue weighted by Crippen LogP contribution is -2.49. The standard InChI is InChI=1S/C14H24N2OS/c1-18-14(11-15)7-9-16(10-8-14)12-13(17)5-3-2-4-6-13/h17H,2-10,12H2,1H3. The van der Waals surface area contributed by atoms with E-state index in [-0.39, 0.29) is 4.75 Å². The Bertz CT molecular complexity index is 312. The smallest absolute Gasteiger partial charge is 0.104 e. The van der Waals surface area contributed by atoms with Gasteiger partial charge in [-0.15, -0.1) is 11.8 Å². The van der Waals surface area contributed by atoms with Gasteiger partial charge in [-0.25, -0.2) is 0 Å². The van der Waals surface area contributed by atoms with Crippen LogP contribution >= 0.6 is 11.8 Å². The maximum atomic E-state index is 10.6. The molecule has 1 aliphatic carbocycles. The van der Waals surface area contributed by atoms with Crippen LogP contribution in [0.15, 0.2) is 0 Å². The van der Waals surface area contributed by atoms with E-state index in [0.717, 1.165) is 58.2 Å². The molecule has 0 unspecified atom stereocenters. The lowest BCUT2D eigenvalue weighted by Gasteiger charge is -2.41. The van der Waals surface area contributed by atoms with E-state index in [4.69, 9.17) is 0 Å². The molecular weight excluding hydrogens is 244 g/mol. The highest BCUT2D eigenvalue weighted by Crippen LogP contribution is 2.35. The number of thioether (sulfide) groups is 1. The van der Waals surface area contributed by atoms with Crippen LogP contribution in [-0.4, -0.2) is 46.2 Å². The van der Waals surface area contributed by atoms with Crippen molar-refractivity contribution in [2.75, 3.05) is 25.9 Å². The van der Waals surface area contributed by atoms with Crippen molar-refractivity contribution in [3.05, 3.63) is 0 Å². The monoisotopic (exact) mass is 268 g/mol. The van der Waals surface area contributed by atoms with Crippen molar-refractivity contribution >= 4 is 11.8 Å². The molecule has 3 nitrogen and oxygen atoms in total. The van der Waals surface area contributed by atoms with Crippen LogP contribution in [0.2, 0.25) is 0 Å². The third-order valence-electron chi connectivity index (χ3n) is 4.56. The zero-order valence-corrected chi connectivity index (χ0v) is 12.1. The average Bonchev–Trinajstić information content (AvgIpc) is 2.40. The number of likely N-dealkylation sites (tertiary alicyclic amines) is 1. The summed E-state index contributed by atoms with van der Waals surface area (Å²) in [6.07, 6.45) is 9.40.